The monoisotopic (exact) mass is 318 g/mol. The van der Waals surface area contributed by atoms with Gasteiger partial charge in [0.25, 0.3) is 0 Å². The summed E-state index contributed by atoms with van der Waals surface area (Å²) in [4.78, 5) is 25.2. The SMILES string of the molecule is CCc1cc2c(NCC(=O)N3CCCCCC3)ncnc2s1. The van der Waals surface area contributed by atoms with E-state index in [9.17, 15) is 4.79 Å². The average molecular weight is 318 g/mol. The highest BCUT2D eigenvalue weighted by molar-refractivity contribution is 7.18. The van der Waals surface area contributed by atoms with Crippen LogP contribution in [0.1, 0.15) is 37.5 Å². The molecule has 2 aromatic heterocycles. The van der Waals surface area contributed by atoms with Crippen molar-refractivity contribution in [1.82, 2.24) is 14.9 Å². The largest absolute Gasteiger partial charge is 0.360 e. The fourth-order valence-electron chi connectivity index (χ4n) is 2.81. The van der Waals surface area contributed by atoms with E-state index in [1.165, 1.54) is 17.7 Å². The van der Waals surface area contributed by atoms with Gasteiger partial charge in [-0.1, -0.05) is 19.8 Å². The third-order valence-electron chi connectivity index (χ3n) is 4.09. The molecule has 0 aliphatic carbocycles. The third kappa shape index (κ3) is 3.38. The Bertz CT molecular complexity index is 647. The summed E-state index contributed by atoms with van der Waals surface area (Å²) in [5.41, 5.74) is 0. The summed E-state index contributed by atoms with van der Waals surface area (Å²) in [6.45, 7) is 4.22. The Morgan fingerprint density at radius 3 is 2.77 bits per heavy atom. The summed E-state index contributed by atoms with van der Waals surface area (Å²) >= 11 is 1.69. The number of thiophene rings is 1. The van der Waals surface area contributed by atoms with E-state index in [1.54, 1.807) is 17.7 Å². The summed E-state index contributed by atoms with van der Waals surface area (Å²) in [5, 5.41) is 4.23. The molecular formula is C16H22N4OS. The van der Waals surface area contributed by atoms with Crippen molar-refractivity contribution >= 4 is 33.3 Å². The minimum atomic E-state index is 0.166. The van der Waals surface area contributed by atoms with Gasteiger partial charge in [-0.05, 0) is 25.3 Å². The zero-order chi connectivity index (χ0) is 15.4. The number of hydrogen-bond acceptors (Lipinski definition) is 5. The lowest BCUT2D eigenvalue weighted by Gasteiger charge is -2.20. The summed E-state index contributed by atoms with van der Waals surface area (Å²) in [5.74, 6) is 0.934. The Morgan fingerprint density at radius 2 is 2.05 bits per heavy atom. The van der Waals surface area contributed by atoms with Crippen LogP contribution in [0.4, 0.5) is 5.82 Å². The minimum Gasteiger partial charge on any atom is -0.360 e. The van der Waals surface area contributed by atoms with E-state index in [4.69, 9.17) is 0 Å². The second-order valence-corrected chi connectivity index (χ2v) is 6.77. The van der Waals surface area contributed by atoms with Gasteiger partial charge in [0.05, 0.1) is 11.9 Å². The van der Waals surface area contributed by atoms with Crippen LogP contribution in [0.5, 0.6) is 0 Å². The first-order valence-corrected chi connectivity index (χ1v) is 8.84. The number of carbonyl (C=O) groups is 1. The molecule has 0 radical (unpaired) electrons. The van der Waals surface area contributed by atoms with E-state index < -0.39 is 0 Å². The van der Waals surface area contributed by atoms with Crippen molar-refractivity contribution < 1.29 is 4.79 Å². The topological polar surface area (TPSA) is 58.1 Å². The van der Waals surface area contributed by atoms with Crippen LogP contribution in [0.25, 0.3) is 10.2 Å². The first kappa shape index (κ1) is 15.2. The van der Waals surface area contributed by atoms with Gasteiger partial charge in [0.15, 0.2) is 0 Å². The van der Waals surface area contributed by atoms with E-state index >= 15 is 0 Å². The van der Waals surface area contributed by atoms with E-state index in [2.05, 4.69) is 28.3 Å². The number of rotatable bonds is 4. The highest BCUT2D eigenvalue weighted by atomic mass is 32.1. The van der Waals surface area contributed by atoms with Gasteiger partial charge in [0.2, 0.25) is 5.91 Å². The number of nitrogens with one attached hydrogen (secondary N) is 1. The molecule has 2 aromatic rings. The molecule has 0 atom stereocenters. The number of anilines is 1. The van der Waals surface area contributed by atoms with Crippen LogP contribution in [0.15, 0.2) is 12.4 Å². The number of aryl methyl sites for hydroxylation is 1. The maximum atomic E-state index is 12.3. The molecule has 0 unspecified atom stereocenters. The van der Waals surface area contributed by atoms with Gasteiger partial charge in [0, 0.05) is 18.0 Å². The van der Waals surface area contributed by atoms with Crippen molar-refractivity contribution in [1.29, 1.82) is 0 Å². The molecule has 0 saturated carbocycles. The van der Waals surface area contributed by atoms with E-state index in [0.717, 1.165) is 48.4 Å². The highest BCUT2D eigenvalue weighted by Gasteiger charge is 2.16. The van der Waals surface area contributed by atoms with Crippen molar-refractivity contribution in [2.45, 2.75) is 39.0 Å². The molecule has 1 saturated heterocycles. The van der Waals surface area contributed by atoms with Crippen LogP contribution < -0.4 is 5.32 Å². The normalized spacial score (nSPS) is 15.8. The summed E-state index contributed by atoms with van der Waals surface area (Å²) in [6, 6.07) is 2.12. The molecule has 3 rings (SSSR count). The average Bonchev–Trinajstić information content (AvgIpc) is 2.78. The summed E-state index contributed by atoms with van der Waals surface area (Å²) < 4.78 is 0. The molecule has 1 amide bonds. The van der Waals surface area contributed by atoms with Crippen molar-refractivity contribution in [3.05, 3.63) is 17.3 Å². The first-order valence-electron chi connectivity index (χ1n) is 8.03. The Labute approximate surface area is 134 Å². The van der Waals surface area contributed by atoms with Gasteiger partial charge < -0.3 is 10.2 Å². The number of aromatic nitrogens is 2. The Kier molecular flexibility index (Phi) is 4.87. The second kappa shape index (κ2) is 7.05. The van der Waals surface area contributed by atoms with E-state index in [0.29, 0.717) is 6.54 Å². The van der Waals surface area contributed by atoms with Crippen molar-refractivity contribution in [3.63, 3.8) is 0 Å². The lowest BCUT2D eigenvalue weighted by atomic mass is 10.2. The van der Waals surface area contributed by atoms with Crippen LogP contribution in [0.2, 0.25) is 0 Å². The smallest absolute Gasteiger partial charge is 0.241 e. The Hall–Kier alpha value is -1.69. The molecular weight excluding hydrogens is 296 g/mol. The van der Waals surface area contributed by atoms with Crippen molar-refractivity contribution in [2.75, 3.05) is 25.0 Å². The van der Waals surface area contributed by atoms with Crippen LogP contribution in [0, 0.1) is 0 Å². The summed E-state index contributed by atoms with van der Waals surface area (Å²) in [7, 11) is 0. The fraction of sp³-hybridized carbons (Fsp3) is 0.562. The number of hydrogen-bond donors (Lipinski definition) is 1. The number of carbonyl (C=O) groups excluding carboxylic acids is 1. The predicted octanol–water partition coefficient (Wildman–Crippen LogP) is 3.07. The Balaban J connectivity index is 1.68. The van der Waals surface area contributed by atoms with Crippen molar-refractivity contribution in [2.24, 2.45) is 0 Å². The first-order chi connectivity index (χ1) is 10.8. The lowest BCUT2D eigenvalue weighted by molar-refractivity contribution is -0.129. The zero-order valence-corrected chi connectivity index (χ0v) is 13.8. The maximum absolute atomic E-state index is 12.3. The second-order valence-electron chi connectivity index (χ2n) is 5.66. The molecule has 1 N–H and O–H groups in total. The van der Waals surface area contributed by atoms with Crippen LogP contribution in [-0.4, -0.2) is 40.4 Å². The predicted molar refractivity (Wildman–Crippen MR) is 90.3 cm³/mol. The van der Waals surface area contributed by atoms with Crippen molar-refractivity contribution in [3.8, 4) is 0 Å². The molecule has 1 aliphatic heterocycles. The van der Waals surface area contributed by atoms with Gasteiger partial charge in [0.1, 0.15) is 17.0 Å². The number of nitrogens with zero attached hydrogens (tertiary/aromatic N) is 3. The minimum absolute atomic E-state index is 0.166. The molecule has 118 valence electrons. The van der Waals surface area contributed by atoms with Gasteiger partial charge in [-0.2, -0.15) is 0 Å². The summed E-state index contributed by atoms with van der Waals surface area (Å²) in [6.07, 6.45) is 7.27. The molecule has 1 aliphatic rings. The Morgan fingerprint density at radius 1 is 1.27 bits per heavy atom. The van der Waals surface area contributed by atoms with E-state index in [-0.39, 0.29) is 5.91 Å². The number of likely N-dealkylation sites (tertiary alicyclic amines) is 1. The quantitative estimate of drug-likeness (QED) is 0.941. The third-order valence-corrected chi connectivity index (χ3v) is 5.28. The van der Waals surface area contributed by atoms with Gasteiger partial charge in [-0.3, -0.25) is 4.79 Å². The molecule has 0 bridgehead atoms. The molecule has 1 fully saturated rings. The molecule has 3 heterocycles. The fourth-order valence-corrected chi connectivity index (χ4v) is 3.75. The van der Waals surface area contributed by atoms with Gasteiger partial charge in [-0.25, -0.2) is 9.97 Å². The molecule has 0 spiro atoms. The highest BCUT2D eigenvalue weighted by Crippen LogP contribution is 2.28. The molecule has 22 heavy (non-hydrogen) atoms. The zero-order valence-electron chi connectivity index (χ0n) is 13.0. The van der Waals surface area contributed by atoms with Crippen LogP contribution in [-0.2, 0) is 11.2 Å². The van der Waals surface area contributed by atoms with E-state index in [1.807, 2.05) is 4.90 Å². The number of amides is 1. The molecule has 5 nitrogen and oxygen atoms in total. The molecule has 0 aromatic carbocycles. The van der Waals surface area contributed by atoms with Crippen LogP contribution in [0.3, 0.4) is 0 Å². The van der Waals surface area contributed by atoms with Crippen LogP contribution >= 0.6 is 11.3 Å². The maximum Gasteiger partial charge on any atom is 0.241 e. The van der Waals surface area contributed by atoms with Gasteiger partial charge >= 0.3 is 0 Å². The standard InChI is InChI=1S/C16H22N4OS/c1-2-12-9-13-15(18-11-19-16(13)22-12)17-10-14(21)20-7-5-3-4-6-8-20/h9,11H,2-8,10H2,1H3,(H,17,18,19). The number of fused-ring (bicyclic) bond motifs is 1. The van der Waals surface area contributed by atoms with Gasteiger partial charge in [-0.15, -0.1) is 11.3 Å². The lowest BCUT2D eigenvalue weighted by Crippen LogP contribution is -2.36. The molecule has 6 heteroatoms.